The lowest BCUT2D eigenvalue weighted by atomic mass is 9.82. The van der Waals surface area contributed by atoms with Gasteiger partial charge in [-0.3, -0.25) is 4.90 Å². The van der Waals surface area contributed by atoms with Crippen LogP contribution in [-0.2, 0) is 13.0 Å². The zero-order chi connectivity index (χ0) is 12.3. The third-order valence-electron chi connectivity index (χ3n) is 4.28. The van der Waals surface area contributed by atoms with Crippen LogP contribution in [0.2, 0.25) is 0 Å². The van der Waals surface area contributed by atoms with Crippen LogP contribution in [0.1, 0.15) is 37.1 Å². The van der Waals surface area contributed by atoms with Gasteiger partial charge in [-0.25, -0.2) is 0 Å². The number of hydrogen-bond acceptors (Lipinski definition) is 3. The van der Waals surface area contributed by atoms with Crippen LogP contribution in [0.3, 0.4) is 0 Å². The topological polar surface area (TPSA) is 23.5 Å². The fourth-order valence-corrected chi connectivity index (χ4v) is 3.55. The van der Waals surface area contributed by atoms with E-state index in [-0.39, 0.29) is 5.41 Å². The molecule has 0 radical (unpaired) electrons. The lowest BCUT2D eigenvalue weighted by Gasteiger charge is -2.37. The van der Waals surface area contributed by atoms with E-state index < -0.39 is 0 Å². The van der Waals surface area contributed by atoms with Crippen molar-refractivity contribution in [2.24, 2.45) is 5.41 Å². The summed E-state index contributed by atoms with van der Waals surface area (Å²) >= 11 is 1.89. The minimum atomic E-state index is 0.105. The van der Waals surface area contributed by atoms with Crippen LogP contribution in [0, 0.1) is 5.41 Å². The van der Waals surface area contributed by atoms with Gasteiger partial charge in [0.25, 0.3) is 0 Å². The van der Waals surface area contributed by atoms with Gasteiger partial charge in [0.2, 0.25) is 0 Å². The van der Waals surface area contributed by atoms with Crippen molar-refractivity contribution in [1.82, 2.24) is 4.90 Å². The standard InChI is InChI=1S/C14H23NOS/c1-3-14(4-2,11-16)10-15-7-5-13-12(9-15)6-8-17-13/h6,8,16H,3-5,7,9-11H2,1-2H3. The van der Waals surface area contributed by atoms with Gasteiger partial charge in [0.15, 0.2) is 0 Å². The molecule has 17 heavy (non-hydrogen) atoms. The van der Waals surface area contributed by atoms with Gasteiger partial charge in [-0.15, -0.1) is 11.3 Å². The Morgan fingerprint density at radius 3 is 2.82 bits per heavy atom. The Bertz CT molecular complexity index is 349. The largest absolute Gasteiger partial charge is 0.396 e. The van der Waals surface area contributed by atoms with Crippen molar-refractivity contribution in [3.8, 4) is 0 Å². The third kappa shape index (κ3) is 2.72. The van der Waals surface area contributed by atoms with E-state index in [0.717, 1.165) is 32.5 Å². The normalized spacial score (nSPS) is 17.1. The Morgan fingerprint density at radius 2 is 2.18 bits per heavy atom. The summed E-state index contributed by atoms with van der Waals surface area (Å²) in [5.74, 6) is 0. The van der Waals surface area contributed by atoms with Crippen molar-refractivity contribution in [1.29, 1.82) is 0 Å². The highest BCUT2D eigenvalue weighted by Crippen LogP contribution is 2.30. The number of fused-ring (bicyclic) bond motifs is 1. The predicted molar refractivity (Wildman–Crippen MR) is 73.4 cm³/mol. The van der Waals surface area contributed by atoms with Crippen LogP contribution in [-0.4, -0.2) is 29.7 Å². The summed E-state index contributed by atoms with van der Waals surface area (Å²) in [6, 6.07) is 2.25. The zero-order valence-corrected chi connectivity index (χ0v) is 11.7. The van der Waals surface area contributed by atoms with Crippen molar-refractivity contribution >= 4 is 11.3 Å². The zero-order valence-electron chi connectivity index (χ0n) is 10.9. The first-order valence-electron chi connectivity index (χ1n) is 6.61. The average Bonchev–Trinajstić information content (AvgIpc) is 2.83. The Labute approximate surface area is 108 Å². The van der Waals surface area contributed by atoms with Crippen molar-refractivity contribution in [3.05, 3.63) is 21.9 Å². The summed E-state index contributed by atoms with van der Waals surface area (Å²) in [6.07, 6.45) is 3.31. The van der Waals surface area contributed by atoms with Crippen LogP contribution in [0.4, 0.5) is 0 Å². The highest BCUT2D eigenvalue weighted by molar-refractivity contribution is 7.10. The van der Waals surface area contributed by atoms with E-state index >= 15 is 0 Å². The SMILES string of the molecule is CCC(CC)(CO)CN1CCc2sccc2C1. The molecule has 1 aliphatic rings. The van der Waals surface area contributed by atoms with Crippen molar-refractivity contribution in [2.45, 2.75) is 39.7 Å². The maximum Gasteiger partial charge on any atom is 0.0499 e. The second kappa shape index (κ2) is 5.51. The first-order chi connectivity index (χ1) is 8.23. The molecule has 0 spiro atoms. The van der Waals surface area contributed by atoms with Crippen molar-refractivity contribution < 1.29 is 5.11 Å². The molecule has 0 saturated heterocycles. The highest BCUT2D eigenvalue weighted by atomic mass is 32.1. The lowest BCUT2D eigenvalue weighted by molar-refractivity contribution is 0.0606. The van der Waals surface area contributed by atoms with E-state index in [9.17, 15) is 5.11 Å². The molecule has 0 aliphatic carbocycles. The molecule has 2 rings (SSSR count). The summed E-state index contributed by atoms with van der Waals surface area (Å²) in [5.41, 5.74) is 1.60. The van der Waals surface area contributed by atoms with E-state index in [2.05, 4.69) is 30.2 Å². The molecule has 1 aromatic heterocycles. The van der Waals surface area contributed by atoms with E-state index in [1.807, 2.05) is 11.3 Å². The molecule has 0 unspecified atom stereocenters. The van der Waals surface area contributed by atoms with Crippen LogP contribution in [0.25, 0.3) is 0 Å². The highest BCUT2D eigenvalue weighted by Gasteiger charge is 2.29. The number of thiophene rings is 1. The van der Waals surface area contributed by atoms with E-state index in [1.54, 1.807) is 4.88 Å². The summed E-state index contributed by atoms with van der Waals surface area (Å²) in [5, 5.41) is 11.8. The molecule has 2 heterocycles. The monoisotopic (exact) mass is 253 g/mol. The molecule has 1 N–H and O–H groups in total. The molecule has 0 saturated carbocycles. The van der Waals surface area contributed by atoms with Crippen molar-refractivity contribution in [2.75, 3.05) is 19.7 Å². The molecule has 0 atom stereocenters. The van der Waals surface area contributed by atoms with Gasteiger partial charge >= 0.3 is 0 Å². The first-order valence-corrected chi connectivity index (χ1v) is 7.49. The number of rotatable bonds is 5. The van der Waals surface area contributed by atoms with Crippen LogP contribution >= 0.6 is 11.3 Å². The molecule has 0 bridgehead atoms. The summed E-state index contributed by atoms with van der Waals surface area (Å²) in [4.78, 5) is 4.07. The Morgan fingerprint density at radius 1 is 1.41 bits per heavy atom. The number of aliphatic hydroxyl groups is 1. The number of aliphatic hydroxyl groups excluding tert-OH is 1. The quantitative estimate of drug-likeness (QED) is 0.872. The minimum Gasteiger partial charge on any atom is -0.396 e. The molecule has 1 aliphatic heterocycles. The Kier molecular flexibility index (Phi) is 4.23. The minimum absolute atomic E-state index is 0.105. The average molecular weight is 253 g/mol. The van der Waals surface area contributed by atoms with Gasteiger partial charge in [0.1, 0.15) is 0 Å². The van der Waals surface area contributed by atoms with Gasteiger partial charge < -0.3 is 5.11 Å². The lowest BCUT2D eigenvalue weighted by Crippen LogP contribution is -2.41. The molecule has 3 heteroatoms. The molecule has 0 aromatic carbocycles. The summed E-state index contributed by atoms with van der Waals surface area (Å²) in [7, 11) is 0. The maximum absolute atomic E-state index is 9.64. The Balaban J connectivity index is 2.01. The summed E-state index contributed by atoms with van der Waals surface area (Å²) < 4.78 is 0. The van der Waals surface area contributed by atoms with Crippen LogP contribution in [0.5, 0.6) is 0 Å². The molecule has 1 aromatic rings. The predicted octanol–water partition coefficient (Wildman–Crippen LogP) is 2.90. The fraction of sp³-hybridized carbons (Fsp3) is 0.714. The molecular weight excluding hydrogens is 230 g/mol. The fourth-order valence-electron chi connectivity index (χ4n) is 2.66. The maximum atomic E-state index is 9.64. The van der Waals surface area contributed by atoms with Gasteiger partial charge in [-0.05, 0) is 36.3 Å². The molecule has 2 nitrogen and oxygen atoms in total. The van der Waals surface area contributed by atoms with Crippen molar-refractivity contribution in [3.63, 3.8) is 0 Å². The van der Waals surface area contributed by atoms with Crippen LogP contribution < -0.4 is 0 Å². The third-order valence-corrected chi connectivity index (χ3v) is 5.30. The van der Waals surface area contributed by atoms with E-state index in [0.29, 0.717) is 6.61 Å². The second-order valence-electron chi connectivity index (χ2n) is 5.19. The summed E-state index contributed by atoms with van der Waals surface area (Å²) in [6.45, 7) is 7.95. The number of hydrogen-bond donors (Lipinski definition) is 1. The van der Waals surface area contributed by atoms with E-state index in [4.69, 9.17) is 0 Å². The van der Waals surface area contributed by atoms with Gasteiger partial charge in [-0.1, -0.05) is 13.8 Å². The Hall–Kier alpha value is -0.380. The molecule has 0 fully saturated rings. The van der Waals surface area contributed by atoms with Crippen LogP contribution in [0.15, 0.2) is 11.4 Å². The second-order valence-corrected chi connectivity index (χ2v) is 6.20. The smallest absolute Gasteiger partial charge is 0.0499 e. The molecule has 0 amide bonds. The molecular formula is C14H23NOS. The number of nitrogens with zero attached hydrogens (tertiary/aromatic N) is 1. The van der Waals surface area contributed by atoms with E-state index in [1.165, 1.54) is 12.0 Å². The molecule has 96 valence electrons. The van der Waals surface area contributed by atoms with Gasteiger partial charge in [-0.2, -0.15) is 0 Å². The first kappa shape index (κ1) is 13.1. The van der Waals surface area contributed by atoms with Gasteiger partial charge in [0, 0.05) is 36.5 Å². The van der Waals surface area contributed by atoms with Gasteiger partial charge in [0.05, 0.1) is 0 Å².